The third kappa shape index (κ3) is 1.91. The lowest BCUT2D eigenvalue weighted by molar-refractivity contribution is 0.0588. The number of likely N-dealkylation sites (N-methyl/N-ethyl adjacent to an activating group) is 1. The van der Waals surface area contributed by atoms with Gasteiger partial charge in [-0.3, -0.25) is 0 Å². The first-order valence-corrected chi connectivity index (χ1v) is 5.09. The van der Waals surface area contributed by atoms with Crippen LogP contribution < -0.4 is 5.32 Å². The molecule has 0 aromatic carbocycles. The average molecular weight is 222 g/mol. The van der Waals surface area contributed by atoms with E-state index in [1.54, 1.807) is 6.07 Å². The van der Waals surface area contributed by atoms with Gasteiger partial charge in [0.05, 0.1) is 32.1 Å². The highest BCUT2D eigenvalue weighted by molar-refractivity contribution is 5.87. The number of carbonyl (C=O) groups excluding carboxylic acids is 1. The molecule has 1 N–H and O–H groups in total. The molecule has 5 heteroatoms. The molecule has 0 saturated carbocycles. The molecule has 1 unspecified atom stereocenters. The minimum atomic E-state index is -0.422. The van der Waals surface area contributed by atoms with Gasteiger partial charge < -0.3 is 14.8 Å². The van der Waals surface area contributed by atoms with Crippen LogP contribution in [-0.4, -0.2) is 31.7 Å². The van der Waals surface area contributed by atoms with E-state index in [2.05, 4.69) is 15.0 Å². The summed E-state index contributed by atoms with van der Waals surface area (Å²) < 4.78 is 10.0. The molecule has 0 fully saturated rings. The van der Waals surface area contributed by atoms with E-state index in [0.717, 1.165) is 11.3 Å². The second-order valence-electron chi connectivity index (χ2n) is 3.58. The Hall–Kier alpha value is -1.46. The monoisotopic (exact) mass is 222 g/mol. The molecule has 0 bridgehead atoms. The van der Waals surface area contributed by atoms with Gasteiger partial charge in [0, 0.05) is 0 Å². The number of pyridine rings is 1. The number of methoxy groups -OCH3 is 1. The van der Waals surface area contributed by atoms with Crippen molar-refractivity contribution in [1.82, 2.24) is 10.3 Å². The summed E-state index contributed by atoms with van der Waals surface area (Å²) in [7, 11) is 3.22. The number of rotatable bonds is 2. The Morgan fingerprint density at radius 3 is 3.12 bits per heavy atom. The molecular formula is C11H14N2O3. The van der Waals surface area contributed by atoms with Crippen LogP contribution in [0, 0.1) is 0 Å². The molecule has 1 aliphatic heterocycles. The van der Waals surface area contributed by atoms with Crippen molar-refractivity contribution in [2.45, 2.75) is 12.6 Å². The molecule has 2 rings (SSSR count). The summed E-state index contributed by atoms with van der Waals surface area (Å²) in [6, 6.07) is 3.72. The Labute approximate surface area is 93.8 Å². The van der Waals surface area contributed by atoms with Gasteiger partial charge in [-0.05, 0) is 18.7 Å². The summed E-state index contributed by atoms with van der Waals surface area (Å²) in [6.45, 7) is 1.07. The average Bonchev–Trinajstić information content (AvgIpc) is 2.36. The fourth-order valence-electron chi connectivity index (χ4n) is 1.77. The highest BCUT2D eigenvalue weighted by atomic mass is 16.5. The van der Waals surface area contributed by atoms with Gasteiger partial charge in [0.25, 0.3) is 0 Å². The molecule has 0 spiro atoms. The lowest BCUT2D eigenvalue weighted by atomic mass is 10.0. The second kappa shape index (κ2) is 4.59. The van der Waals surface area contributed by atoms with Crippen LogP contribution in [0.2, 0.25) is 0 Å². The van der Waals surface area contributed by atoms with Gasteiger partial charge in [0.15, 0.2) is 0 Å². The Morgan fingerprint density at radius 2 is 2.44 bits per heavy atom. The number of ether oxygens (including phenoxy) is 2. The van der Waals surface area contributed by atoms with Crippen molar-refractivity contribution in [2.75, 3.05) is 20.8 Å². The number of fused-ring (bicyclic) bond motifs is 1. The van der Waals surface area contributed by atoms with Crippen LogP contribution in [0.4, 0.5) is 0 Å². The molecule has 0 aliphatic carbocycles. The first-order chi connectivity index (χ1) is 7.76. The van der Waals surface area contributed by atoms with Crippen LogP contribution in [0.25, 0.3) is 0 Å². The third-order valence-electron chi connectivity index (χ3n) is 2.65. The maximum atomic E-state index is 11.3. The smallest absolute Gasteiger partial charge is 0.356 e. The van der Waals surface area contributed by atoms with Crippen LogP contribution in [-0.2, 0) is 16.1 Å². The quantitative estimate of drug-likeness (QED) is 0.745. The van der Waals surface area contributed by atoms with E-state index in [1.807, 2.05) is 13.1 Å². The molecular weight excluding hydrogens is 208 g/mol. The standard InChI is InChI=1S/C11H14N2O3/c1-12-9-5-16-6-10-7(9)3-4-8(13-10)11(14)15-2/h3-4,9,12H,5-6H2,1-2H3. The van der Waals surface area contributed by atoms with Gasteiger partial charge >= 0.3 is 5.97 Å². The largest absolute Gasteiger partial charge is 0.464 e. The van der Waals surface area contributed by atoms with Crippen molar-refractivity contribution in [1.29, 1.82) is 0 Å². The molecule has 0 radical (unpaired) electrons. The molecule has 5 nitrogen and oxygen atoms in total. The SMILES string of the molecule is CNC1COCc2nc(C(=O)OC)ccc21. The fourth-order valence-corrected chi connectivity index (χ4v) is 1.77. The first kappa shape index (κ1) is 11.0. The predicted octanol–water partition coefficient (Wildman–Crippen LogP) is 0.659. The van der Waals surface area contributed by atoms with E-state index in [9.17, 15) is 4.79 Å². The summed E-state index contributed by atoms with van der Waals surface area (Å²) in [6.07, 6.45) is 0. The summed E-state index contributed by atoms with van der Waals surface area (Å²) >= 11 is 0. The normalized spacial score (nSPS) is 19.0. The van der Waals surface area contributed by atoms with Gasteiger partial charge in [0.2, 0.25) is 0 Å². The predicted molar refractivity (Wildman–Crippen MR) is 57.0 cm³/mol. The van der Waals surface area contributed by atoms with Gasteiger partial charge in [0.1, 0.15) is 5.69 Å². The van der Waals surface area contributed by atoms with Gasteiger partial charge in [-0.25, -0.2) is 9.78 Å². The lowest BCUT2D eigenvalue weighted by Crippen LogP contribution is -2.28. The minimum Gasteiger partial charge on any atom is -0.464 e. The summed E-state index contributed by atoms with van der Waals surface area (Å²) in [5, 5.41) is 3.14. The number of aromatic nitrogens is 1. The Bertz CT molecular complexity index is 406. The van der Waals surface area contributed by atoms with Crippen LogP contribution >= 0.6 is 0 Å². The Kier molecular flexibility index (Phi) is 3.17. The van der Waals surface area contributed by atoms with Gasteiger partial charge in [-0.2, -0.15) is 0 Å². The zero-order valence-corrected chi connectivity index (χ0v) is 9.32. The van der Waals surface area contributed by atoms with Crippen LogP contribution in [0.15, 0.2) is 12.1 Å². The van der Waals surface area contributed by atoms with Gasteiger partial charge in [-0.15, -0.1) is 0 Å². The molecule has 1 atom stereocenters. The van der Waals surface area contributed by atoms with Crippen molar-refractivity contribution in [2.24, 2.45) is 0 Å². The van der Waals surface area contributed by atoms with E-state index in [0.29, 0.717) is 18.9 Å². The number of nitrogens with one attached hydrogen (secondary N) is 1. The van der Waals surface area contributed by atoms with Crippen molar-refractivity contribution in [3.63, 3.8) is 0 Å². The number of nitrogens with zero attached hydrogens (tertiary/aromatic N) is 1. The van der Waals surface area contributed by atoms with Crippen LogP contribution in [0.1, 0.15) is 27.8 Å². The molecule has 86 valence electrons. The number of carbonyl (C=O) groups is 1. The minimum absolute atomic E-state index is 0.142. The Morgan fingerprint density at radius 1 is 1.62 bits per heavy atom. The molecule has 0 saturated heterocycles. The Balaban J connectivity index is 2.35. The van der Waals surface area contributed by atoms with Crippen molar-refractivity contribution in [3.05, 3.63) is 29.1 Å². The molecule has 1 aromatic heterocycles. The topological polar surface area (TPSA) is 60.5 Å². The van der Waals surface area contributed by atoms with Crippen molar-refractivity contribution >= 4 is 5.97 Å². The number of hydrogen-bond acceptors (Lipinski definition) is 5. The third-order valence-corrected chi connectivity index (χ3v) is 2.65. The zero-order valence-electron chi connectivity index (χ0n) is 9.32. The van der Waals surface area contributed by atoms with E-state index in [1.165, 1.54) is 7.11 Å². The van der Waals surface area contributed by atoms with E-state index in [4.69, 9.17) is 4.74 Å². The van der Waals surface area contributed by atoms with E-state index >= 15 is 0 Å². The maximum absolute atomic E-state index is 11.3. The highest BCUT2D eigenvalue weighted by Gasteiger charge is 2.21. The molecule has 1 aliphatic rings. The fraction of sp³-hybridized carbons (Fsp3) is 0.455. The molecule has 2 heterocycles. The van der Waals surface area contributed by atoms with E-state index in [-0.39, 0.29) is 6.04 Å². The van der Waals surface area contributed by atoms with Crippen LogP contribution in [0.5, 0.6) is 0 Å². The van der Waals surface area contributed by atoms with E-state index < -0.39 is 5.97 Å². The van der Waals surface area contributed by atoms with Crippen molar-refractivity contribution < 1.29 is 14.3 Å². The maximum Gasteiger partial charge on any atom is 0.356 e. The summed E-state index contributed by atoms with van der Waals surface area (Å²) in [4.78, 5) is 15.6. The summed E-state index contributed by atoms with van der Waals surface area (Å²) in [5.41, 5.74) is 2.21. The number of hydrogen-bond donors (Lipinski definition) is 1. The van der Waals surface area contributed by atoms with Crippen molar-refractivity contribution in [3.8, 4) is 0 Å². The second-order valence-corrected chi connectivity index (χ2v) is 3.58. The zero-order chi connectivity index (χ0) is 11.5. The number of esters is 1. The first-order valence-electron chi connectivity index (χ1n) is 5.09. The molecule has 0 amide bonds. The summed E-state index contributed by atoms with van der Waals surface area (Å²) in [5.74, 6) is -0.422. The van der Waals surface area contributed by atoms with Gasteiger partial charge in [-0.1, -0.05) is 6.07 Å². The lowest BCUT2D eigenvalue weighted by Gasteiger charge is -2.24. The molecule has 1 aromatic rings. The van der Waals surface area contributed by atoms with Crippen LogP contribution in [0.3, 0.4) is 0 Å². The molecule has 16 heavy (non-hydrogen) atoms. The highest BCUT2D eigenvalue weighted by Crippen LogP contribution is 2.23.